The number of hydrogen-bond donors (Lipinski definition) is 4. The highest BCUT2D eigenvalue weighted by atomic mass is 28.4. The Kier molecular flexibility index (Phi) is 14.1. The maximum absolute atomic E-state index is 13.5. The largest absolute Gasteiger partial charge is 0.487 e. The van der Waals surface area contributed by atoms with Crippen molar-refractivity contribution in [2.45, 2.75) is 70.0 Å². The van der Waals surface area contributed by atoms with Crippen molar-refractivity contribution in [2.75, 3.05) is 32.7 Å². The van der Waals surface area contributed by atoms with E-state index in [2.05, 4.69) is 60.4 Å². The molecule has 7 rings (SSSR count). The molecule has 0 saturated carbocycles. The Morgan fingerprint density at radius 3 is 2.08 bits per heavy atom. The smallest absolute Gasteiger partial charge is 0.251 e. The van der Waals surface area contributed by atoms with Gasteiger partial charge in [0.05, 0.1) is 11.6 Å². The van der Waals surface area contributed by atoms with Crippen LogP contribution >= 0.6 is 0 Å². The van der Waals surface area contributed by atoms with Gasteiger partial charge in [-0.15, -0.1) is 0 Å². The van der Waals surface area contributed by atoms with E-state index < -0.39 is 13.7 Å². The second kappa shape index (κ2) is 19.7. The molecular formula is C52H61N5O5Si. The molecule has 63 heavy (non-hydrogen) atoms. The molecule has 0 radical (unpaired) electrons. The van der Waals surface area contributed by atoms with Gasteiger partial charge in [-0.25, -0.2) is 0 Å². The fourth-order valence-corrected chi connectivity index (χ4v) is 9.87. The van der Waals surface area contributed by atoms with Crippen molar-refractivity contribution in [3.8, 4) is 5.75 Å². The molecule has 2 atom stereocenters. The van der Waals surface area contributed by atoms with Crippen molar-refractivity contribution >= 4 is 31.0 Å². The zero-order valence-corrected chi connectivity index (χ0v) is 38.2. The van der Waals surface area contributed by atoms with Crippen molar-refractivity contribution < 1.29 is 18.8 Å². The summed E-state index contributed by atoms with van der Waals surface area (Å²) >= 11 is 0. The SMILES string of the molecule is CC(C)(C)[Si](C)(C)O[C@@H](CNCc1ccc(C(=O)NCCN2CC[C@@H](C(C(N)=O)(c3ccccc3)c3ccccc3)C2)cc1)c1ccc(OCc2ccccc2)c2[nH]c(=O)ccc12. The van der Waals surface area contributed by atoms with Gasteiger partial charge >= 0.3 is 0 Å². The van der Waals surface area contributed by atoms with E-state index in [1.54, 1.807) is 6.07 Å². The van der Waals surface area contributed by atoms with Crippen LogP contribution in [0.15, 0.2) is 144 Å². The van der Waals surface area contributed by atoms with E-state index in [0.717, 1.165) is 46.2 Å². The Balaban J connectivity index is 0.972. The lowest BCUT2D eigenvalue weighted by Crippen LogP contribution is -2.49. The van der Waals surface area contributed by atoms with Gasteiger partial charge in [-0.1, -0.05) is 130 Å². The zero-order valence-electron chi connectivity index (χ0n) is 37.2. The monoisotopic (exact) mass is 863 g/mol. The molecule has 1 saturated heterocycles. The van der Waals surface area contributed by atoms with E-state index in [1.165, 1.54) is 0 Å². The number of fused-ring (bicyclic) bond motifs is 1. The summed E-state index contributed by atoms with van der Waals surface area (Å²) in [5, 5.41) is 7.58. The maximum atomic E-state index is 13.5. The fourth-order valence-electron chi connectivity index (χ4n) is 8.60. The standard InChI is InChI=1S/C52H61N5O5Si/c1-51(2,3)63(4,5)62-46(43-25-27-45(48-44(43)26-28-47(58)56-48)61-36-38-15-9-6-10-16-38)34-54-33-37-21-23-39(24-22-37)49(59)55-30-32-57-31-29-42(35-57)52(50(53)60,40-17-11-7-12-18-40)41-19-13-8-14-20-41/h6-28,42,46,54H,29-36H2,1-5H3,(H2,53,60)(H,55,59)(H,56,58)/t42-,46+/m1/s1. The third kappa shape index (κ3) is 10.3. The number of nitrogens with two attached hydrogens (primary N) is 1. The number of nitrogens with one attached hydrogen (secondary N) is 3. The summed E-state index contributed by atoms with van der Waals surface area (Å²) in [5.74, 6) is 0.118. The molecule has 1 aliphatic heterocycles. The molecule has 0 spiro atoms. The molecule has 1 aromatic heterocycles. The van der Waals surface area contributed by atoms with Gasteiger partial charge in [0, 0.05) is 49.7 Å². The zero-order chi connectivity index (χ0) is 44.6. The number of pyridine rings is 1. The van der Waals surface area contributed by atoms with Crippen molar-refractivity contribution in [3.63, 3.8) is 0 Å². The first kappa shape index (κ1) is 45.2. The number of carbonyl (C=O) groups excluding carboxylic acids is 2. The summed E-state index contributed by atoms with van der Waals surface area (Å²) in [4.78, 5) is 44.7. The topological polar surface area (TPSA) is 139 Å². The van der Waals surface area contributed by atoms with Crippen molar-refractivity contribution in [2.24, 2.45) is 11.7 Å². The van der Waals surface area contributed by atoms with Crippen LogP contribution in [-0.4, -0.2) is 62.7 Å². The van der Waals surface area contributed by atoms with Crippen LogP contribution in [0.1, 0.15) is 71.5 Å². The highest BCUT2D eigenvalue weighted by Gasteiger charge is 2.49. The molecule has 0 bridgehead atoms. The van der Waals surface area contributed by atoms with Crippen molar-refractivity contribution in [1.82, 2.24) is 20.5 Å². The van der Waals surface area contributed by atoms with Gasteiger partial charge in [-0.3, -0.25) is 14.4 Å². The number of primary amides is 1. The average Bonchev–Trinajstić information content (AvgIpc) is 3.75. The summed E-state index contributed by atoms with van der Waals surface area (Å²) in [6, 6.07) is 44.8. The Bertz CT molecular complexity index is 2490. The fraction of sp³-hybridized carbons (Fsp3) is 0.327. The van der Waals surface area contributed by atoms with Gasteiger partial charge in [0.25, 0.3) is 5.91 Å². The van der Waals surface area contributed by atoms with E-state index in [-0.39, 0.29) is 34.4 Å². The van der Waals surface area contributed by atoms with Gasteiger partial charge in [-0.2, -0.15) is 0 Å². The molecule has 0 aliphatic carbocycles. The molecule has 1 fully saturated rings. The molecule has 10 nitrogen and oxygen atoms in total. The minimum Gasteiger partial charge on any atom is -0.487 e. The summed E-state index contributed by atoms with van der Waals surface area (Å²) in [6.45, 7) is 15.3. The Morgan fingerprint density at radius 1 is 0.825 bits per heavy atom. The van der Waals surface area contributed by atoms with Gasteiger partial charge in [0.15, 0.2) is 8.32 Å². The second-order valence-electron chi connectivity index (χ2n) is 18.2. The van der Waals surface area contributed by atoms with Crippen LogP contribution in [0.2, 0.25) is 18.1 Å². The first-order chi connectivity index (χ1) is 30.3. The first-order valence-corrected chi connectivity index (χ1v) is 24.9. The third-order valence-electron chi connectivity index (χ3n) is 13.0. The Hall–Kier alpha value is -5.85. The van der Waals surface area contributed by atoms with Gasteiger partial charge in [-0.05, 0) is 89.1 Å². The summed E-state index contributed by atoms with van der Waals surface area (Å²) in [7, 11) is -2.25. The quantitative estimate of drug-likeness (QED) is 0.0636. The van der Waals surface area contributed by atoms with E-state index in [4.69, 9.17) is 14.9 Å². The van der Waals surface area contributed by atoms with Gasteiger partial charge < -0.3 is 35.4 Å². The van der Waals surface area contributed by atoms with Crippen molar-refractivity contribution in [1.29, 1.82) is 0 Å². The van der Waals surface area contributed by atoms with Crippen LogP contribution < -0.4 is 26.7 Å². The average molecular weight is 864 g/mol. The molecular weight excluding hydrogens is 803 g/mol. The normalized spacial score (nSPS) is 15.3. The number of rotatable bonds is 18. The predicted octanol–water partition coefficient (Wildman–Crippen LogP) is 8.48. The number of hydrogen-bond acceptors (Lipinski definition) is 7. The number of carbonyl (C=O) groups is 2. The number of H-pyrrole nitrogens is 1. The number of likely N-dealkylation sites (tertiary alicyclic amines) is 1. The number of ether oxygens (including phenoxy) is 1. The van der Waals surface area contributed by atoms with Crippen molar-refractivity contribution in [3.05, 3.63) is 183 Å². The van der Waals surface area contributed by atoms with Gasteiger partial charge in [0.2, 0.25) is 11.5 Å². The highest BCUT2D eigenvalue weighted by Crippen LogP contribution is 2.44. The molecule has 5 N–H and O–H groups in total. The second-order valence-corrected chi connectivity index (χ2v) is 22.9. The maximum Gasteiger partial charge on any atom is 0.251 e. The van der Waals surface area contributed by atoms with Crippen LogP contribution in [0.25, 0.3) is 10.9 Å². The summed E-state index contributed by atoms with van der Waals surface area (Å²) in [5.41, 5.74) is 11.2. The molecule has 5 aromatic carbocycles. The lowest BCUT2D eigenvalue weighted by Gasteiger charge is -2.39. The molecule has 0 unspecified atom stereocenters. The number of nitrogens with zero attached hydrogens (tertiary/aromatic N) is 1. The third-order valence-corrected chi connectivity index (χ3v) is 17.5. The van der Waals surface area contributed by atoms with Crippen LogP contribution in [0, 0.1) is 5.92 Å². The van der Waals surface area contributed by atoms with E-state index in [0.29, 0.717) is 56.2 Å². The lowest BCUT2D eigenvalue weighted by atomic mass is 9.64. The molecule has 11 heteroatoms. The minimum absolute atomic E-state index is 0.0132. The van der Waals surface area contributed by atoms with Crippen LogP contribution in [-0.2, 0) is 27.8 Å². The number of amides is 2. The lowest BCUT2D eigenvalue weighted by molar-refractivity contribution is -0.123. The van der Waals surface area contributed by atoms with Crippen LogP contribution in [0.4, 0.5) is 0 Å². The van der Waals surface area contributed by atoms with Gasteiger partial charge in [0.1, 0.15) is 17.8 Å². The number of aromatic nitrogens is 1. The van der Waals surface area contributed by atoms with Crippen LogP contribution in [0.5, 0.6) is 5.75 Å². The predicted molar refractivity (Wildman–Crippen MR) is 254 cm³/mol. The van der Waals surface area contributed by atoms with E-state index in [9.17, 15) is 14.4 Å². The molecule has 6 aromatic rings. The highest BCUT2D eigenvalue weighted by molar-refractivity contribution is 6.74. The summed E-state index contributed by atoms with van der Waals surface area (Å²) < 4.78 is 13.3. The minimum atomic E-state index is -2.25. The summed E-state index contributed by atoms with van der Waals surface area (Å²) in [6.07, 6.45) is 0.509. The van der Waals surface area contributed by atoms with Crippen LogP contribution in [0.3, 0.4) is 0 Å². The number of aromatic amines is 1. The first-order valence-electron chi connectivity index (χ1n) is 22.0. The molecule has 1 aliphatic rings. The Labute approximate surface area is 372 Å². The molecule has 2 amide bonds. The molecule has 2 heterocycles. The molecule has 328 valence electrons. The number of benzene rings is 5. The van der Waals surface area contributed by atoms with E-state index in [1.807, 2.05) is 127 Å². The van der Waals surface area contributed by atoms with E-state index >= 15 is 0 Å². The Morgan fingerprint density at radius 2 is 1.46 bits per heavy atom.